The lowest BCUT2D eigenvalue weighted by atomic mass is 10.1. The SMILES string of the molecule is CCSSC(C)(C#N)CCC(=O)N(C)[C@@H](C)C(=O)O. The second kappa shape index (κ2) is 8.33. The average Bonchev–Trinajstić information content (AvgIpc) is 2.40. The molecule has 0 aliphatic rings. The van der Waals surface area contributed by atoms with E-state index in [-0.39, 0.29) is 12.3 Å². The van der Waals surface area contributed by atoms with Gasteiger partial charge in [-0.1, -0.05) is 28.5 Å². The molecule has 7 heteroatoms. The van der Waals surface area contributed by atoms with Crippen molar-refractivity contribution in [3.63, 3.8) is 0 Å². The summed E-state index contributed by atoms with van der Waals surface area (Å²) in [4.78, 5) is 23.9. The van der Waals surface area contributed by atoms with E-state index in [1.165, 1.54) is 29.7 Å². The zero-order valence-corrected chi connectivity index (χ0v) is 13.3. The Morgan fingerprint density at radius 3 is 2.53 bits per heavy atom. The van der Waals surface area contributed by atoms with Crippen LogP contribution in [0.3, 0.4) is 0 Å². The van der Waals surface area contributed by atoms with E-state index < -0.39 is 16.8 Å². The first-order valence-corrected chi connectivity index (χ1v) is 8.29. The summed E-state index contributed by atoms with van der Waals surface area (Å²) in [7, 11) is 4.52. The predicted molar refractivity (Wildman–Crippen MR) is 78.8 cm³/mol. The molecule has 2 atom stereocenters. The van der Waals surface area contributed by atoms with E-state index in [4.69, 9.17) is 10.4 Å². The molecule has 0 spiro atoms. The van der Waals surface area contributed by atoms with Crippen LogP contribution in [0.15, 0.2) is 0 Å². The van der Waals surface area contributed by atoms with Crippen LogP contribution in [0, 0.1) is 11.3 Å². The standard InChI is InChI=1S/C12H20N2O3S2/c1-5-18-19-12(3,8-13)7-6-10(15)14(4)9(2)11(16)17/h9H,5-7H2,1-4H3,(H,16,17)/t9-,12?/m0/s1. The minimum absolute atomic E-state index is 0.176. The van der Waals surface area contributed by atoms with Crippen molar-refractivity contribution in [1.82, 2.24) is 4.90 Å². The van der Waals surface area contributed by atoms with Crippen molar-refractivity contribution in [3.8, 4) is 6.07 Å². The third-order valence-corrected chi connectivity index (χ3v) is 5.93. The van der Waals surface area contributed by atoms with E-state index in [2.05, 4.69) is 6.07 Å². The number of rotatable bonds is 8. The van der Waals surface area contributed by atoms with Crippen molar-refractivity contribution in [2.45, 2.75) is 44.4 Å². The lowest BCUT2D eigenvalue weighted by molar-refractivity contribution is -0.148. The van der Waals surface area contributed by atoms with Crippen LogP contribution in [0.1, 0.15) is 33.6 Å². The van der Waals surface area contributed by atoms with Gasteiger partial charge in [-0.05, 0) is 20.3 Å². The molecule has 0 saturated carbocycles. The summed E-state index contributed by atoms with van der Waals surface area (Å²) in [6, 6.07) is 1.37. The van der Waals surface area contributed by atoms with E-state index in [9.17, 15) is 9.59 Å². The number of nitriles is 1. The summed E-state index contributed by atoms with van der Waals surface area (Å²) in [5.74, 6) is -0.389. The Labute approximate surface area is 122 Å². The molecular formula is C12H20N2O3S2. The molecule has 1 N–H and O–H groups in total. The van der Waals surface area contributed by atoms with Crippen molar-refractivity contribution in [1.29, 1.82) is 5.26 Å². The van der Waals surface area contributed by atoms with Crippen molar-refractivity contribution in [2.75, 3.05) is 12.8 Å². The van der Waals surface area contributed by atoms with Gasteiger partial charge in [-0.2, -0.15) is 5.26 Å². The summed E-state index contributed by atoms with van der Waals surface area (Å²) in [6.45, 7) is 5.27. The number of hydrogen-bond acceptors (Lipinski definition) is 5. The van der Waals surface area contributed by atoms with Crippen LogP contribution < -0.4 is 0 Å². The van der Waals surface area contributed by atoms with E-state index >= 15 is 0 Å². The van der Waals surface area contributed by atoms with Gasteiger partial charge >= 0.3 is 5.97 Å². The van der Waals surface area contributed by atoms with Crippen molar-refractivity contribution < 1.29 is 14.7 Å². The van der Waals surface area contributed by atoms with Gasteiger partial charge in [0.2, 0.25) is 5.91 Å². The molecule has 0 rings (SSSR count). The van der Waals surface area contributed by atoms with Crippen molar-refractivity contribution >= 4 is 33.5 Å². The summed E-state index contributed by atoms with van der Waals surface area (Å²) < 4.78 is -0.621. The minimum atomic E-state index is -1.03. The van der Waals surface area contributed by atoms with Gasteiger partial charge in [0.25, 0.3) is 0 Å². The molecule has 0 bridgehead atoms. The fourth-order valence-electron chi connectivity index (χ4n) is 1.21. The van der Waals surface area contributed by atoms with Crippen molar-refractivity contribution in [3.05, 3.63) is 0 Å². The highest BCUT2D eigenvalue weighted by Crippen LogP contribution is 2.38. The number of carbonyl (C=O) groups is 2. The van der Waals surface area contributed by atoms with Crippen LogP contribution in [0.5, 0.6) is 0 Å². The number of likely N-dealkylation sites (N-methyl/N-ethyl adjacent to an activating group) is 1. The first-order chi connectivity index (χ1) is 8.77. The van der Waals surface area contributed by atoms with Crippen LogP contribution in [0.2, 0.25) is 0 Å². The molecule has 0 aliphatic heterocycles. The highest BCUT2D eigenvalue weighted by molar-refractivity contribution is 8.77. The fraction of sp³-hybridized carbons (Fsp3) is 0.750. The maximum Gasteiger partial charge on any atom is 0.326 e. The highest BCUT2D eigenvalue weighted by atomic mass is 33.1. The topological polar surface area (TPSA) is 81.4 Å². The maximum absolute atomic E-state index is 11.9. The van der Waals surface area contributed by atoms with Gasteiger partial charge in [0.1, 0.15) is 10.8 Å². The fourth-order valence-corrected chi connectivity index (χ4v) is 3.30. The summed E-state index contributed by atoms with van der Waals surface area (Å²) in [5.41, 5.74) is 0. The molecule has 1 unspecified atom stereocenters. The molecule has 19 heavy (non-hydrogen) atoms. The largest absolute Gasteiger partial charge is 0.480 e. The molecule has 5 nitrogen and oxygen atoms in total. The smallest absolute Gasteiger partial charge is 0.326 e. The Hall–Kier alpha value is -0.870. The molecule has 108 valence electrons. The predicted octanol–water partition coefficient (Wildman–Crippen LogP) is 2.38. The molecule has 0 saturated heterocycles. The molecule has 0 radical (unpaired) electrons. The number of carboxylic acids is 1. The first kappa shape index (κ1) is 18.1. The van der Waals surface area contributed by atoms with Gasteiger partial charge in [0.15, 0.2) is 0 Å². The zero-order valence-electron chi connectivity index (χ0n) is 11.7. The Bertz CT molecular complexity index is 370. The number of nitrogens with zero attached hydrogens (tertiary/aromatic N) is 2. The number of carbonyl (C=O) groups excluding carboxylic acids is 1. The van der Waals surface area contributed by atoms with Gasteiger partial charge in [0.05, 0.1) is 6.07 Å². The average molecular weight is 304 g/mol. The Balaban J connectivity index is 4.42. The molecule has 0 aromatic rings. The molecule has 0 fully saturated rings. The molecule has 0 aliphatic carbocycles. The third-order valence-electron chi connectivity index (χ3n) is 2.74. The Morgan fingerprint density at radius 1 is 1.53 bits per heavy atom. The van der Waals surface area contributed by atoms with Crippen LogP contribution in [-0.2, 0) is 9.59 Å². The second-order valence-electron chi connectivity index (χ2n) is 4.35. The molecule has 0 aromatic carbocycles. The normalized spacial score (nSPS) is 15.1. The number of amides is 1. The van der Waals surface area contributed by atoms with Crippen molar-refractivity contribution in [2.24, 2.45) is 0 Å². The lowest BCUT2D eigenvalue weighted by Gasteiger charge is -2.24. The minimum Gasteiger partial charge on any atom is -0.480 e. The molecule has 0 aromatic heterocycles. The second-order valence-corrected chi connectivity index (χ2v) is 7.44. The van der Waals surface area contributed by atoms with Gasteiger partial charge in [-0.15, -0.1) is 0 Å². The van der Waals surface area contributed by atoms with Gasteiger partial charge in [-0.25, -0.2) is 4.79 Å². The van der Waals surface area contributed by atoms with E-state index in [0.29, 0.717) is 6.42 Å². The first-order valence-electron chi connectivity index (χ1n) is 5.97. The summed E-state index contributed by atoms with van der Waals surface area (Å²) in [6.07, 6.45) is 0.589. The third kappa shape index (κ3) is 6.21. The van der Waals surface area contributed by atoms with Crippen LogP contribution in [0.4, 0.5) is 0 Å². The van der Waals surface area contributed by atoms with Gasteiger partial charge < -0.3 is 10.0 Å². The Morgan fingerprint density at radius 2 is 2.11 bits per heavy atom. The van der Waals surface area contributed by atoms with E-state index in [0.717, 1.165) is 5.75 Å². The van der Waals surface area contributed by atoms with Gasteiger partial charge in [0, 0.05) is 19.2 Å². The molecular weight excluding hydrogens is 284 g/mol. The molecule has 0 heterocycles. The molecule has 1 amide bonds. The number of hydrogen-bond donors (Lipinski definition) is 1. The highest BCUT2D eigenvalue weighted by Gasteiger charge is 2.28. The quantitative estimate of drug-likeness (QED) is 0.693. The van der Waals surface area contributed by atoms with Crippen LogP contribution in [0.25, 0.3) is 0 Å². The van der Waals surface area contributed by atoms with E-state index in [1.807, 2.05) is 6.92 Å². The lowest BCUT2D eigenvalue weighted by Crippen LogP contribution is -2.40. The summed E-state index contributed by atoms with van der Waals surface area (Å²) >= 11 is 0. The van der Waals surface area contributed by atoms with E-state index in [1.54, 1.807) is 17.7 Å². The monoisotopic (exact) mass is 304 g/mol. The Kier molecular flexibility index (Phi) is 7.95. The van der Waals surface area contributed by atoms with Crippen LogP contribution in [-0.4, -0.2) is 45.5 Å². The van der Waals surface area contributed by atoms with Crippen LogP contribution >= 0.6 is 21.6 Å². The number of aliphatic carboxylic acids is 1. The zero-order chi connectivity index (χ0) is 15.1. The maximum atomic E-state index is 11.9. The van der Waals surface area contributed by atoms with Gasteiger partial charge in [-0.3, -0.25) is 4.79 Å². The number of carboxylic acid groups (broad SMARTS) is 1. The summed E-state index contributed by atoms with van der Waals surface area (Å²) in [5, 5.41) is 18.0.